The Morgan fingerprint density at radius 2 is 1.33 bits per heavy atom. The summed E-state index contributed by atoms with van der Waals surface area (Å²) in [5.41, 5.74) is 4.35. The molecule has 4 rings (SSSR count). The van der Waals surface area contributed by atoms with Crippen LogP contribution in [0.2, 0.25) is 0 Å². The first-order valence-electron chi connectivity index (χ1n) is 10.7. The molecule has 3 aromatic carbocycles. The van der Waals surface area contributed by atoms with Gasteiger partial charge in [0.2, 0.25) is 5.91 Å². The molecule has 0 bridgehead atoms. The number of rotatable bonds is 7. The molecule has 1 saturated heterocycles. The lowest BCUT2D eigenvalue weighted by atomic mass is 9.98. The van der Waals surface area contributed by atoms with Gasteiger partial charge in [0.05, 0.1) is 6.04 Å². The van der Waals surface area contributed by atoms with Gasteiger partial charge in [0.1, 0.15) is 6.04 Å². The van der Waals surface area contributed by atoms with Crippen LogP contribution in [0.3, 0.4) is 0 Å². The highest BCUT2D eigenvalue weighted by atomic mass is 16.2. The molecule has 3 aromatic rings. The van der Waals surface area contributed by atoms with Gasteiger partial charge in [-0.15, -0.1) is 0 Å². The molecule has 154 valence electrons. The van der Waals surface area contributed by atoms with E-state index in [2.05, 4.69) is 39.8 Å². The standard InChI is InChI=1S/C26H29N3O/c1-20(27-23-14-16-24(17-15-23)29-18-8-9-19-29)26(30)28-25(21-10-4-2-5-11-21)22-12-6-3-7-13-22/h2-7,10-17,20,25,27H,8-9,18-19H2,1H3,(H,28,30)/t20-/m1/s1. The van der Waals surface area contributed by atoms with Crippen LogP contribution in [0, 0.1) is 0 Å². The topological polar surface area (TPSA) is 44.4 Å². The number of hydrogen-bond donors (Lipinski definition) is 2. The number of amides is 1. The maximum Gasteiger partial charge on any atom is 0.242 e. The Kier molecular flexibility index (Phi) is 6.33. The highest BCUT2D eigenvalue weighted by Crippen LogP contribution is 2.24. The molecule has 0 aromatic heterocycles. The second kappa shape index (κ2) is 9.49. The summed E-state index contributed by atoms with van der Waals surface area (Å²) in [6.07, 6.45) is 2.53. The minimum atomic E-state index is -0.349. The third kappa shape index (κ3) is 4.82. The van der Waals surface area contributed by atoms with Gasteiger partial charge in [0, 0.05) is 24.5 Å². The second-order valence-electron chi connectivity index (χ2n) is 7.87. The van der Waals surface area contributed by atoms with Crippen molar-refractivity contribution in [3.05, 3.63) is 96.1 Å². The molecule has 4 heteroatoms. The molecular weight excluding hydrogens is 370 g/mol. The monoisotopic (exact) mass is 399 g/mol. The van der Waals surface area contributed by atoms with Crippen LogP contribution < -0.4 is 15.5 Å². The van der Waals surface area contributed by atoms with Crippen molar-refractivity contribution >= 4 is 17.3 Å². The molecule has 4 nitrogen and oxygen atoms in total. The Balaban J connectivity index is 1.43. The maximum atomic E-state index is 13.0. The van der Waals surface area contributed by atoms with Crippen LogP contribution >= 0.6 is 0 Å². The van der Waals surface area contributed by atoms with Crippen molar-refractivity contribution in [2.75, 3.05) is 23.3 Å². The average molecular weight is 400 g/mol. The average Bonchev–Trinajstić information content (AvgIpc) is 3.34. The molecule has 0 unspecified atom stereocenters. The van der Waals surface area contributed by atoms with E-state index in [1.807, 2.05) is 67.6 Å². The first-order valence-corrected chi connectivity index (χ1v) is 10.7. The Labute approximate surface area is 178 Å². The van der Waals surface area contributed by atoms with Gasteiger partial charge in [-0.25, -0.2) is 0 Å². The maximum absolute atomic E-state index is 13.0. The van der Waals surface area contributed by atoms with E-state index in [0.29, 0.717) is 0 Å². The van der Waals surface area contributed by atoms with E-state index in [4.69, 9.17) is 0 Å². The van der Waals surface area contributed by atoms with Crippen molar-refractivity contribution in [3.63, 3.8) is 0 Å². The zero-order valence-electron chi connectivity index (χ0n) is 17.4. The van der Waals surface area contributed by atoms with E-state index in [9.17, 15) is 4.79 Å². The van der Waals surface area contributed by atoms with Crippen molar-refractivity contribution in [1.82, 2.24) is 5.32 Å². The highest BCUT2D eigenvalue weighted by Gasteiger charge is 2.20. The molecule has 0 radical (unpaired) electrons. The summed E-state index contributed by atoms with van der Waals surface area (Å²) >= 11 is 0. The van der Waals surface area contributed by atoms with Gasteiger partial charge in [-0.3, -0.25) is 4.79 Å². The van der Waals surface area contributed by atoms with E-state index in [-0.39, 0.29) is 18.0 Å². The van der Waals surface area contributed by atoms with Crippen LogP contribution in [-0.2, 0) is 4.79 Å². The molecule has 30 heavy (non-hydrogen) atoms. The van der Waals surface area contributed by atoms with Crippen molar-refractivity contribution < 1.29 is 4.79 Å². The van der Waals surface area contributed by atoms with Crippen LogP contribution in [0.4, 0.5) is 11.4 Å². The zero-order chi connectivity index (χ0) is 20.8. The van der Waals surface area contributed by atoms with Gasteiger partial charge in [-0.05, 0) is 55.2 Å². The third-order valence-corrected chi connectivity index (χ3v) is 5.67. The van der Waals surface area contributed by atoms with Crippen molar-refractivity contribution in [3.8, 4) is 0 Å². The number of anilines is 2. The number of nitrogens with zero attached hydrogens (tertiary/aromatic N) is 1. The highest BCUT2D eigenvalue weighted by molar-refractivity contribution is 5.85. The van der Waals surface area contributed by atoms with Crippen LogP contribution in [0.1, 0.15) is 36.9 Å². The van der Waals surface area contributed by atoms with Crippen molar-refractivity contribution in [2.45, 2.75) is 31.8 Å². The molecule has 1 amide bonds. The number of nitrogens with one attached hydrogen (secondary N) is 2. The van der Waals surface area contributed by atoms with E-state index in [1.54, 1.807) is 0 Å². The van der Waals surface area contributed by atoms with Gasteiger partial charge in [0.25, 0.3) is 0 Å². The fourth-order valence-corrected chi connectivity index (χ4v) is 3.98. The first kappa shape index (κ1) is 20.0. The molecule has 1 fully saturated rings. The molecule has 0 spiro atoms. The predicted molar refractivity (Wildman–Crippen MR) is 124 cm³/mol. The lowest BCUT2D eigenvalue weighted by molar-refractivity contribution is -0.122. The molecule has 1 atom stereocenters. The third-order valence-electron chi connectivity index (χ3n) is 5.67. The summed E-state index contributed by atoms with van der Waals surface area (Å²) in [6, 6.07) is 28.0. The number of benzene rings is 3. The molecule has 0 aliphatic carbocycles. The lowest BCUT2D eigenvalue weighted by Crippen LogP contribution is -2.40. The molecule has 1 heterocycles. The van der Waals surface area contributed by atoms with Crippen molar-refractivity contribution in [1.29, 1.82) is 0 Å². The normalized spacial score (nSPS) is 14.5. The summed E-state index contributed by atoms with van der Waals surface area (Å²) in [5, 5.41) is 6.55. The fourth-order valence-electron chi connectivity index (χ4n) is 3.98. The zero-order valence-corrected chi connectivity index (χ0v) is 17.4. The van der Waals surface area contributed by atoms with E-state index in [0.717, 1.165) is 29.9 Å². The van der Waals surface area contributed by atoms with Crippen LogP contribution in [0.25, 0.3) is 0 Å². The van der Waals surface area contributed by atoms with Crippen LogP contribution in [-0.4, -0.2) is 25.0 Å². The minimum absolute atomic E-state index is 0.0312. The fraction of sp³-hybridized carbons (Fsp3) is 0.269. The summed E-state index contributed by atoms with van der Waals surface area (Å²) in [7, 11) is 0. The Morgan fingerprint density at radius 1 is 0.800 bits per heavy atom. The lowest BCUT2D eigenvalue weighted by Gasteiger charge is -2.23. The Hall–Kier alpha value is -3.27. The van der Waals surface area contributed by atoms with Crippen LogP contribution in [0.15, 0.2) is 84.9 Å². The molecule has 1 aliphatic heterocycles. The second-order valence-corrected chi connectivity index (χ2v) is 7.87. The van der Waals surface area contributed by atoms with E-state index >= 15 is 0 Å². The molecule has 1 aliphatic rings. The predicted octanol–water partition coefficient (Wildman–Crippen LogP) is 4.99. The van der Waals surface area contributed by atoms with E-state index in [1.165, 1.54) is 18.5 Å². The summed E-state index contributed by atoms with van der Waals surface area (Å²) in [6.45, 7) is 4.16. The SMILES string of the molecule is C[C@@H](Nc1ccc(N2CCCC2)cc1)C(=O)NC(c1ccccc1)c1ccccc1. The van der Waals surface area contributed by atoms with Gasteiger partial charge in [0.15, 0.2) is 0 Å². The smallest absolute Gasteiger partial charge is 0.242 e. The number of carbonyl (C=O) groups excluding carboxylic acids is 1. The summed E-state index contributed by atoms with van der Waals surface area (Å²) < 4.78 is 0. The minimum Gasteiger partial charge on any atom is -0.374 e. The number of carbonyl (C=O) groups is 1. The van der Waals surface area contributed by atoms with Gasteiger partial charge in [-0.2, -0.15) is 0 Å². The van der Waals surface area contributed by atoms with Gasteiger partial charge >= 0.3 is 0 Å². The van der Waals surface area contributed by atoms with Crippen LogP contribution in [0.5, 0.6) is 0 Å². The Bertz CT molecular complexity index is 896. The quantitative estimate of drug-likeness (QED) is 0.588. The number of hydrogen-bond acceptors (Lipinski definition) is 3. The van der Waals surface area contributed by atoms with Gasteiger partial charge < -0.3 is 15.5 Å². The molecule has 2 N–H and O–H groups in total. The summed E-state index contributed by atoms with van der Waals surface area (Å²) in [4.78, 5) is 15.4. The first-order chi connectivity index (χ1) is 14.7. The van der Waals surface area contributed by atoms with Crippen molar-refractivity contribution in [2.24, 2.45) is 0 Å². The molecule has 0 saturated carbocycles. The summed E-state index contributed by atoms with van der Waals surface area (Å²) in [5.74, 6) is -0.0312. The molecular formula is C26H29N3O. The van der Waals surface area contributed by atoms with Gasteiger partial charge in [-0.1, -0.05) is 60.7 Å². The Morgan fingerprint density at radius 3 is 1.87 bits per heavy atom. The largest absolute Gasteiger partial charge is 0.374 e. The van der Waals surface area contributed by atoms with E-state index < -0.39 is 0 Å².